The average molecular weight is 436 g/mol. The number of esters is 1. The van der Waals surface area contributed by atoms with Gasteiger partial charge in [0.1, 0.15) is 6.54 Å². The third kappa shape index (κ3) is 4.94. The molecule has 1 aromatic carbocycles. The summed E-state index contributed by atoms with van der Waals surface area (Å²) in [5.41, 5.74) is 1.07. The van der Waals surface area contributed by atoms with Gasteiger partial charge in [0.2, 0.25) is 10.0 Å². The van der Waals surface area contributed by atoms with Crippen LogP contribution in [0.5, 0.6) is 0 Å². The zero-order chi connectivity index (χ0) is 21.9. The Balaban J connectivity index is 1.95. The molecule has 3 rings (SSSR count). The number of aromatic nitrogens is 2. The summed E-state index contributed by atoms with van der Waals surface area (Å²) in [5.74, 6) is -0.573. The maximum Gasteiger partial charge on any atom is 0.328 e. The number of hydrogen-bond donors (Lipinski definition) is 0. The Morgan fingerprint density at radius 1 is 1.20 bits per heavy atom. The van der Waals surface area contributed by atoms with Crippen LogP contribution >= 0.6 is 0 Å². The lowest BCUT2D eigenvalue weighted by Gasteiger charge is -2.26. The van der Waals surface area contributed by atoms with Crippen LogP contribution < -0.4 is 5.56 Å². The molecule has 0 radical (unpaired) electrons. The highest BCUT2D eigenvalue weighted by molar-refractivity contribution is 7.89. The van der Waals surface area contributed by atoms with Crippen molar-refractivity contribution in [2.75, 3.05) is 26.3 Å². The predicted octanol–water partition coefficient (Wildman–Crippen LogP) is 1.19. The molecule has 0 saturated carbocycles. The van der Waals surface area contributed by atoms with Crippen LogP contribution in [-0.2, 0) is 30.8 Å². The van der Waals surface area contributed by atoms with Crippen molar-refractivity contribution in [3.05, 3.63) is 46.2 Å². The molecule has 0 bridgehead atoms. The second-order valence-electron chi connectivity index (χ2n) is 7.25. The van der Waals surface area contributed by atoms with Crippen molar-refractivity contribution < 1.29 is 22.7 Å². The number of carbonyl (C=O) groups excluding carboxylic acids is 1. The first-order valence-electron chi connectivity index (χ1n) is 9.65. The van der Waals surface area contributed by atoms with E-state index in [1.54, 1.807) is 39.0 Å². The first-order valence-corrected chi connectivity index (χ1v) is 11.1. The van der Waals surface area contributed by atoms with Gasteiger partial charge in [-0.1, -0.05) is 12.1 Å². The lowest BCUT2D eigenvalue weighted by molar-refractivity contribution is -0.148. The molecule has 2 heterocycles. The zero-order valence-electron chi connectivity index (χ0n) is 17.2. The van der Waals surface area contributed by atoms with Crippen LogP contribution in [0.1, 0.15) is 19.4 Å². The molecule has 0 N–H and O–H groups in total. The Bertz CT molecular complexity index is 1090. The van der Waals surface area contributed by atoms with Crippen molar-refractivity contribution in [2.24, 2.45) is 0 Å². The maximum absolute atomic E-state index is 13.1. The molecule has 10 heteroatoms. The Labute approximate surface area is 175 Å². The first kappa shape index (κ1) is 22.1. The maximum atomic E-state index is 13.1. The van der Waals surface area contributed by atoms with E-state index in [0.717, 1.165) is 4.68 Å². The van der Waals surface area contributed by atoms with Gasteiger partial charge < -0.3 is 9.47 Å². The molecule has 0 aliphatic carbocycles. The predicted molar refractivity (Wildman–Crippen MR) is 109 cm³/mol. The highest BCUT2D eigenvalue weighted by Gasteiger charge is 2.28. The van der Waals surface area contributed by atoms with E-state index in [-0.39, 0.29) is 17.5 Å². The Morgan fingerprint density at radius 3 is 2.57 bits per heavy atom. The quantitative estimate of drug-likeness (QED) is 0.627. The van der Waals surface area contributed by atoms with Gasteiger partial charge in [-0.15, -0.1) is 0 Å². The lowest BCUT2D eigenvalue weighted by Crippen LogP contribution is -2.40. The SMILES string of the molecule is Cc1ccc(-c2ccc(=O)n(CC(=O)OC(C)C)n2)cc1S(=O)(=O)N1CCOCC1. The zero-order valence-corrected chi connectivity index (χ0v) is 18.0. The summed E-state index contributed by atoms with van der Waals surface area (Å²) < 4.78 is 38.9. The largest absolute Gasteiger partial charge is 0.462 e. The minimum absolute atomic E-state index is 0.181. The van der Waals surface area contributed by atoms with Crippen LogP contribution in [0.4, 0.5) is 0 Å². The van der Waals surface area contributed by atoms with Gasteiger partial charge in [-0.25, -0.2) is 13.1 Å². The number of benzene rings is 1. The topological polar surface area (TPSA) is 108 Å². The molecule has 0 unspecified atom stereocenters. The van der Waals surface area contributed by atoms with Crippen molar-refractivity contribution in [1.82, 2.24) is 14.1 Å². The summed E-state index contributed by atoms with van der Waals surface area (Å²) in [6, 6.07) is 7.77. The molecule has 0 amide bonds. The molecule has 162 valence electrons. The standard InChI is InChI=1S/C20H25N3O6S/c1-14(2)29-20(25)13-23-19(24)7-6-17(21-23)16-5-4-15(3)18(12-16)30(26,27)22-8-10-28-11-9-22/h4-7,12,14H,8-11,13H2,1-3H3. The van der Waals surface area contributed by atoms with Crippen LogP contribution in [0.25, 0.3) is 11.3 Å². The van der Waals surface area contributed by atoms with Crippen molar-refractivity contribution in [1.29, 1.82) is 0 Å². The van der Waals surface area contributed by atoms with Crippen molar-refractivity contribution >= 4 is 16.0 Å². The molecule has 0 atom stereocenters. The number of carbonyl (C=O) groups is 1. The van der Waals surface area contributed by atoms with Gasteiger partial charge in [0.05, 0.1) is 29.9 Å². The Kier molecular flexibility index (Phi) is 6.69. The molecule has 1 aliphatic heterocycles. The number of aryl methyl sites for hydroxylation is 1. The highest BCUT2D eigenvalue weighted by Crippen LogP contribution is 2.26. The molecule has 9 nitrogen and oxygen atoms in total. The van der Waals surface area contributed by atoms with Gasteiger partial charge >= 0.3 is 5.97 Å². The van der Waals surface area contributed by atoms with Gasteiger partial charge in [0.15, 0.2) is 0 Å². The number of hydrogen-bond acceptors (Lipinski definition) is 7. The summed E-state index contributed by atoms with van der Waals surface area (Å²) in [4.78, 5) is 24.2. The highest BCUT2D eigenvalue weighted by atomic mass is 32.2. The lowest BCUT2D eigenvalue weighted by atomic mass is 10.1. The molecular formula is C20H25N3O6S. The molecular weight excluding hydrogens is 410 g/mol. The second kappa shape index (κ2) is 9.07. The Morgan fingerprint density at radius 2 is 1.90 bits per heavy atom. The van der Waals surface area contributed by atoms with Crippen LogP contribution in [0.3, 0.4) is 0 Å². The third-order valence-corrected chi connectivity index (χ3v) is 6.63. The summed E-state index contributed by atoms with van der Waals surface area (Å²) in [6.07, 6.45) is -0.304. The third-order valence-electron chi connectivity index (χ3n) is 4.58. The number of ether oxygens (including phenoxy) is 2. The molecule has 2 aromatic rings. The minimum Gasteiger partial charge on any atom is -0.462 e. The van der Waals surface area contributed by atoms with Crippen LogP contribution in [0, 0.1) is 6.92 Å². The molecule has 0 spiro atoms. The van der Waals surface area contributed by atoms with Crippen LogP contribution in [0.2, 0.25) is 0 Å². The average Bonchev–Trinajstić information content (AvgIpc) is 2.70. The van der Waals surface area contributed by atoms with E-state index in [2.05, 4.69) is 5.10 Å². The number of morpholine rings is 1. The number of sulfonamides is 1. The van der Waals surface area contributed by atoms with E-state index in [0.29, 0.717) is 43.1 Å². The van der Waals surface area contributed by atoms with Crippen molar-refractivity contribution in [3.63, 3.8) is 0 Å². The number of rotatable bonds is 6. The monoisotopic (exact) mass is 435 g/mol. The smallest absolute Gasteiger partial charge is 0.328 e. The molecule has 1 aromatic heterocycles. The van der Waals surface area contributed by atoms with Gasteiger partial charge in [-0.2, -0.15) is 9.40 Å². The normalized spacial score (nSPS) is 15.3. The van der Waals surface area contributed by atoms with E-state index < -0.39 is 21.6 Å². The van der Waals surface area contributed by atoms with E-state index in [1.165, 1.54) is 16.4 Å². The van der Waals surface area contributed by atoms with E-state index in [9.17, 15) is 18.0 Å². The van der Waals surface area contributed by atoms with Gasteiger partial charge in [0, 0.05) is 24.7 Å². The fraction of sp³-hybridized carbons (Fsp3) is 0.450. The fourth-order valence-corrected chi connectivity index (χ4v) is 4.76. The first-order chi connectivity index (χ1) is 14.2. The number of nitrogens with zero attached hydrogens (tertiary/aromatic N) is 3. The van der Waals surface area contributed by atoms with E-state index in [1.807, 2.05) is 0 Å². The summed E-state index contributed by atoms with van der Waals surface area (Å²) in [5, 5.41) is 4.23. The van der Waals surface area contributed by atoms with Crippen molar-refractivity contribution in [3.8, 4) is 11.3 Å². The van der Waals surface area contributed by atoms with Gasteiger partial charge in [-0.3, -0.25) is 9.59 Å². The fourth-order valence-electron chi connectivity index (χ4n) is 3.10. The summed E-state index contributed by atoms with van der Waals surface area (Å²) >= 11 is 0. The second-order valence-corrected chi connectivity index (χ2v) is 9.16. The van der Waals surface area contributed by atoms with Crippen molar-refractivity contribution in [2.45, 2.75) is 38.3 Å². The van der Waals surface area contributed by atoms with Crippen LogP contribution in [-0.4, -0.2) is 60.9 Å². The molecule has 1 fully saturated rings. The van der Waals surface area contributed by atoms with Gasteiger partial charge in [-0.05, 0) is 38.5 Å². The van der Waals surface area contributed by atoms with E-state index in [4.69, 9.17) is 9.47 Å². The molecule has 1 aliphatic rings. The molecule has 1 saturated heterocycles. The summed E-state index contributed by atoms with van der Waals surface area (Å²) in [6.45, 7) is 6.15. The van der Waals surface area contributed by atoms with E-state index >= 15 is 0 Å². The minimum atomic E-state index is -3.69. The molecule has 30 heavy (non-hydrogen) atoms. The summed E-state index contributed by atoms with van der Waals surface area (Å²) in [7, 11) is -3.69. The van der Waals surface area contributed by atoms with Gasteiger partial charge in [0.25, 0.3) is 5.56 Å². The Hall–Kier alpha value is -2.56. The van der Waals surface area contributed by atoms with Crippen LogP contribution in [0.15, 0.2) is 40.0 Å².